The second-order valence-corrected chi connectivity index (χ2v) is 3.81. The lowest BCUT2D eigenvalue weighted by Crippen LogP contribution is -2.01. The lowest BCUT2D eigenvalue weighted by molar-refractivity contribution is 0.428. The molecule has 0 N–H and O–H groups in total. The molecule has 0 aliphatic carbocycles. The van der Waals surface area contributed by atoms with Gasteiger partial charge in [0.25, 0.3) is 0 Å². The fourth-order valence-electron chi connectivity index (χ4n) is 1.91. The third kappa shape index (κ3) is 2.33. The van der Waals surface area contributed by atoms with Crippen molar-refractivity contribution in [1.82, 2.24) is 9.78 Å². The molecule has 0 unspecified atom stereocenters. The molecule has 2 heterocycles. The summed E-state index contributed by atoms with van der Waals surface area (Å²) in [5.74, 6) is 1.80. The number of hydrogen-bond acceptors (Lipinski definition) is 2. The highest BCUT2D eigenvalue weighted by Crippen LogP contribution is 2.29. The van der Waals surface area contributed by atoms with Crippen LogP contribution in [0, 0.1) is 6.92 Å². The van der Waals surface area contributed by atoms with Crippen molar-refractivity contribution in [3.8, 4) is 11.6 Å². The van der Waals surface area contributed by atoms with E-state index in [1.54, 1.807) is 0 Å². The third-order valence-electron chi connectivity index (χ3n) is 2.65. The first-order chi connectivity index (χ1) is 8.33. The Bertz CT molecular complexity index is 503. The van der Waals surface area contributed by atoms with Crippen molar-refractivity contribution in [3.63, 3.8) is 0 Å². The Kier molecular flexibility index (Phi) is 3.47. The smallest absolute Gasteiger partial charge is 0.218 e. The second-order valence-electron chi connectivity index (χ2n) is 3.81. The number of rotatable bonds is 0. The molecule has 0 bridgehead atoms. The van der Waals surface area contributed by atoms with Crippen LogP contribution in [0.25, 0.3) is 0 Å². The van der Waals surface area contributed by atoms with E-state index in [4.69, 9.17) is 4.74 Å². The maximum Gasteiger partial charge on any atom is 0.218 e. The van der Waals surface area contributed by atoms with Gasteiger partial charge >= 0.3 is 0 Å². The third-order valence-corrected chi connectivity index (χ3v) is 2.65. The quantitative estimate of drug-likeness (QED) is 0.692. The molecule has 17 heavy (non-hydrogen) atoms. The molecule has 0 atom stereocenters. The molecule has 1 aromatic heterocycles. The molecular weight excluding hydrogens is 212 g/mol. The summed E-state index contributed by atoms with van der Waals surface area (Å²) in [4.78, 5) is 0. The summed E-state index contributed by atoms with van der Waals surface area (Å²) in [6, 6.07) is 10.1. The monoisotopic (exact) mass is 230 g/mol. The van der Waals surface area contributed by atoms with E-state index in [1.165, 1.54) is 5.56 Å². The molecule has 2 aromatic rings. The molecule has 0 saturated heterocycles. The van der Waals surface area contributed by atoms with Crippen LogP contribution in [0.4, 0.5) is 0 Å². The minimum absolute atomic E-state index is 0.845. The lowest BCUT2D eigenvalue weighted by Gasteiger charge is -2.04. The minimum Gasteiger partial charge on any atom is -0.439 e. The van der Waals surface area contributed by atoms with Crippen LogP contribution in [0.5, 0.6) is 11.6 Å². The highest BCUT2D eigenvalue weighted by atomic mass is 16.5. The standard InChI is InChI=1S/C12H12N2O.C2H6/c1-9-8-12-14(13-9)7-6-10-4-2-3-5-11(10)15-12;1-2/h2-5,8H,6-7H2,1H3;1-2H3. The van der Waals surface area contributed by atoms with Gasteiger partial charge in [0.1, 0.15) is 5.75 Å². The van der Waals surface area contributed by atoms with Crippen LogP contribution in [-0.2, 0) is 13.0 Å². The average Bonchev–Trinajstić information content (AvgIpc) is 2.62. The Labute approximate surface area is 102 Å². The molecular formula is C14H18N2O. The highest BCUT2D eigenvalue weighted by molar-refractivity contribution is 5.37. The van der Waals surface area contributed by atoms with Crippen LogP contribution in [0.2, 0.25) is 0 Å². The predicted octanol–water partition coefficient (Wildman–Crippen LogP) is 3.57. The van der Waals surface area contributed by atoms with E-state index < -0.39 is 0 Å². The molecule has 0 saturated carbocycles. The zero-order valence-corrected chi connectivity index (χ0v) is 10.6. The van der Waals surface area contributed by atoms with Crippen LogP contribution in [0.1, 0.15) is 25.1 Å². The summed E-state index contributed by atoms with van der Waals surface area (Å²) in [5.41, 5.74) is 2.25. The lowest BCUT2D eigenvalue weighted by atomic mass is 10.1. The zero-order chi connectivity index (χ0) is 12.3. The molecule has 1 aliphatic heterocycles. The van der Waals surface area contributed by atoms with Crippen LogP contribution in [-0.4, -0.2) is 9.78 Å². The van der Waals surface area contributed by atoms with E-state index >= 15 is 0 Å². The van der Waals surface area contributed by atoms with Gasteiger partial charge < -0.3 is 4.74 Å². The largest absolute Gasteiger partial charge is 0.439 e. The van der Waals surface area contributed by atoms with E-state index in [1.807, 2.05) is 49.7 Å². The molecule has 0 amide bonds. The van der Waals surface area contributed by atoms with Gasteiger partial charge in [0.05, 0.1) is 5.69 Å². The van der Waals surface area contributed by atoms with Crippen molar-refractivity contribution in [2.75, 3.05) is 0 Å². The van der Waals surface area contributed by atoms with Crippen LogP contribution < -0.4 is 4.74 Å². The Morgan fingerprint density at radius 3 is 2.82 bits per heavy atom. The Hall–Kier alpha value is -1.77. The number of hydrogen-bond donors (Lipinski definition) is 0. The Morgan fingerprint density at radius 2 is 2.00 bits per heavy atom. The first kappa shape index (κ1) is 11.7. The molecule has 1 aliphatic rings. The van der Waals surface area contributed by atoms with Crippen molar-refractivity contribution in [3.05, 3.63) is 41.6 Å². The van der Waals surface area contributed by atoms with Gasteiger partial charge in [0.2, 0.25) is 5.88 Å². The van der Waals surface area contributed by atoms with Crippen LogP contribution in [0.3, 0.4) is 0 Å². The van der Waals surface area contributed by atoms with Gasteiger partial charge in [0.15, 0.2) is 0 Å². The van der Waals surface area contributed by atoms with Crippen molar-refractivity contribution in [2.24, 2.45) is 0 Å². The normalized spacial score (nSPS) is 12.4. The molecule has 0 fully saturated rings. The summed E-state index contributed by atoms with van der Waals surface area (Å²) < 4.78 is 7.75. The number of para-hydroxylation sites is 1. The summed E-state index contributed by atoms with van der Waals surface area (Å²) in [5, 5.41) is 4.39. The second kappa shape index (κ2) is 5.04. The van der Waals surface area contributed by atoms with Gasteiger partial charge in [-0.2, -0.15) is 5.10 Å². The van der Waals surface area contributed by atoms with Crippen molar-refractivity contribution in [1.29, 1.82) is 0 Å². The van der Waals surface area contributed by atoms with Crippen molar-refractivity contribution >= 4 is 0 Å². The van der Waals surface area contributed by atoms with Gasteiger partial charge in [-0.3, -0.25) is 0 Å². The number of aromatic nitrogens is 2. The van der Waals surface area contributed by atoms with Gasteiger partial charge in [-0.1, -0.05) is 32.0 Å². The number of fused-ring (bicyclic) bond motifs is 2. The van der Waals surface area contributed by atoms with Gasteiger partial charge in [-0.25, -0.2) is 4.68 Å². The van der Waals surface area contributed by atoms with Crippen LogP contribution in [0.15, 0.2) is 30.3 Å². The van der Waals surface area contributed by atoms with Crippen molar-refractivity contribution < 1.29 is 4.74 Å². The first-order valence-electron chi connectivity index (χ1n) is 6.13. The van der Waals surface area contributed by atoms with E-state index in [2.05, 4.69) is 11.2 Å². The maximum absolute atomic E-state index is 5.82. The summed E-state index contributed by atoms with van der Waals surface area (Å²) in [6.07, 6.45) is 0.976. The fraction of sp³-hybridized carbons (Fsp3) is 0.357. The van der Waals surface area contributed by atoms with Crippen LogP contribution >= 0.6 is 0 Å². The number of benzene rings is 1. The molecule has 3 nitrogen and oxygen atoms in total. The zero-order valence-electron chi connectivity index (χ0n) is 10.6. The number of nitrogens with zero attached hydrogens (tertiary/aromatic N) is 2. The van der Waals surface area contributed by atoms with E-state index in [0.29, 0.717) is 0 Å². The first-order valence-corrected chi connectivity index (χ1v) is 6.13. The maximum atomic E-state index is 5.82. The molecule has 90 valence electrons. The molecule has 3 rings (SSSR count). The van der Waals surface area contributed by atoms with Gasteiger partial charge in [-0.05, 0) is 25.0 Å². The molecule has 1 aromatic carbocycles. The highest BCUT2D eigenvalue weighted by Gasteiger charge is 2.14. The number of ether oxygens (including phenoxy) is 1. The van der Waals surface area contributed by atoms with E-state index in [-0.39, 0.29) is 0 Å². The fourth-order valence-corrected chi connectivity index (χ4v) is 1.91. The minimum atomic E-state index is 0.845. The predicted molar refractivity (Wildman–Crippen MR) is 68.5 cm³/mol. The SMILES string of the molecule is CC.Cc1cc2n(n1)CCc1ccccc1O2. The summed E-state index contributed by atoms with van der Waals surface area (Å²) in [7, 11) is 0. The topological polar surface area (TPSA) is 27.1 Å². The van der Waals surface area contributed by atoms with Crippen molar-refractivity contribution in [2.45, 2.75) is 33.7 Å². The molecule has 3 heteroatoms. The number of aryl methyl sites for hydroxylation is 3. The summed E-state index contributed by atoms with van der Waals surface area (Å²) >= 11 is 0. The average molecular weight is 230 g/mol. The van der Waals surface area contributed by atoms with E-state index in [9.17, 15) is 0 Å². The Balaban J connectivity index is 0.000000514. The molecule has 0 radical (unpaired) electrons. The molecule has 0 spiro atoms. The van der Waals surface area contributed by atoms with Gasteiger partial charge in [-0.15, -0.1) is 0 Å². The summed E-state index contributed by atoms with van der Waals surface area (Å²) in [6.45, 7) is 6.87. The van der Waals surface area contributed by atoms with Gasteiger partial charge in [0, 0.05) is 12.6 Å². The Morgan fingerprint density at radius 1 is 1.24 bits per heavy atom. The van der Waals surface area contributed by atoms with E-state index in [0.717, 1.165) is 30.3 Å².